The molecule has 0 radical (unpaired) electrons. The van der Waals surface area contributed by atoms with Crippen molar-refractivity contribution in [2.24, 2.45) is 4.99 Å². The van der Waals surface area contributed by atoms with Crippen molar-refractivity contribution in [1.29, 1.82) is 0 Å². The first kappa shape index (κ1) is 20.9. The van der Waals surface area contributed by atoms with Gasteiger partial charge in [0.2, 0.25) is 0 Å². The van der Waals surface area contributed by atoms with Crippen molar-refractivity contribution in [2.75, 3.05) is 20.7 Å². The van der Waals surface area contributed by atoms with Gasteiger partial charge in [-0.1, -0.05) is 6.07 Å². The minimum absolute atomic E-state index is 0. The monoisotopic (exact) mass is 458 g/mol. The topological polar surface area (TPSA) is 88.8 Å². The highest BCUT2D eigenvalue weighted by Gasteiger charge is 2.15. The zero-order valence-corrected chi connectivity index (χ0v) is 16.9. The lowest BCUT2D eigenvalue weighted by Gasteiger charge is -2.10. The third-order valence-electron chi connectivity index (χ3n) is 3.43. The Morgan fingerprint density at radius 2 is 2.16 bits per heavy atom. The molecule has 0 bridgehead atoms. The lowest BCUT2D eigenvalue weighted by Crippen LogP contribution is -2.37. The van der Waals surface area contributed by atoms with Crippen LogP contribution in [0.1, 0.15) is 27.6 Å². The number of aryl methyl sites for hydroxylation is 1. The summed E-state index contributed by atoms with van der Waals surface area (Å²) in [4.78, 5) is 20.0. The lowest BCUT2D eigenvalue weighted by molar-refractivity contribution is 0.0599. The maximum atomic E-state index is 11.6. The molecule has 0 aliphatic heterocycles. The number of nitrogens with zero attached hydrogens (tertiary/aromatic N) is 2. The zero-order valence-electron chi connectivity index (χ0n) is 14.5. The van der Waals surface area contributed by atoms with Crippen molar-refractivity contribution in [1.82, 2.24) is 15.6 Å². The van der Waals surface area contributed by atoms with Crippen molar-refractivity contribution in [3.8, 4) is 0 Å². The number of aromatic nitrogens is 1. The third-order valence-corrected chi connectivity index (χ3v) is 3.43. The second-order valence-electron chi connectivity index (χ2n) is 5.10. The van der Waals surface area contributed by atoms with Gasteiger partial charge in [-0.15, -0.1) is 24.0 Å². The molecule has 2 rings (SSSR count). The van der Waals surface area contributed by atoms with Gasteiger partial charge in [0.1, 0.15) is 17.1 Å². The van der Waals surface area contributed by atoms with Crippen molar-refractivity contribution in [3.05, 3.63) is 53.2 Å². The summed E-state index contributed by atoms with van der Waals surface area (Å²) in [6, 6.07) is 7.52. The Balaban J connectivity index is 0.00000312. The molecule has 0 saturated carbocycles. The largest absolute Gasteiger partial charge is 0.465 e. The number of pyridine rings is 1. The smallest absolute Gasteiger partial charge is 0.341 e. The second kappa shape index (κ2) is 10.7. The number of methoxy groups -OCH3 is 1. The van der Waals surface area contributed by atoms with Crippen molar-refractivity contribution in [3.63, 3.8) is 0 Å². The van der Waals surface area contributed by atoms with Crippen LogP contribution in [0, 0.1) is 6.92 Å². The van der Waals surface area contributed by atoms with E-state index in [9.17, 15) is 4.79 Å². The zero-order chi connectivity index (χ0) is 17.4. The summed E-state index contributed by atoms with van der Waals surface area (Å²) in [6.07, 6.45) is 2.58. The highest BCUT2D eigenvalue weighted by Crippen LogP contribution is 2.15. The molecular formula is C17H23IN4O3. The van der Waals surface area contributed by atoms with Gasteiger partial charge >= 0.3 is 5.97 Å². The fraction of sp³-hybridized carbons (Fsp3) is 0.353. The fourth-order valence-corrected chi connectivity index (χ4v) is 2.19. The van der Waals surface area contributed by atoms with Crippen molar-refractivity contribution < 1.29 is 13.9 Å². The number of ether oxygens (including phenoxy) is 1. The number of carbonyl (C=O) groups is 1. The fourth-order valence-electron chi connectivity index (χ4n) is 2.19. The molecule has 136 valence electrons. The van der Waals surface area contributed by atoms with Gasteiger partial charge in [-0.05, 0) is 25.1 Å². The lowest BCUT2D eigenvalue weighted by atomic mass is 10.2. The van der Waals surface area contributed by atoms with Gasteiger partial charge < -0.3 is 19.8 Å². The van der Waals surface area contributed by atoms with Gasteiger partial charge in [0, 0.05) is 31.9 Å². The van der Waals surface area contributed by atoms with E-state index >= 15 is 0 Å². The molecule has 8 heteroatoms. The molecule has 0 atom stereocenters. The molecular weight excluding hydrogens is 435 g/mol. The number of guanidine groups is 1. The van der Waals surface area contributed by atoms with E-state index in [0.29, 0.717) is 36.1 Å². The van der Waals surface area contributed by atoms with Gasteiger partial charge in [0.05, 0.1) is 13.7 Å². The number of esters is 1. The summed E-state index contributed by atoms with van der Waals surface area (Å²) in [5.41, 5.74) is 1.46. The van der Waals surface area contributed by atoms with Crippen LogP contribution in [-0.2, 0) is 17.7 Å². The Morgan fingerprint density at radius 1 is 1.36 bits per heavy atom. The van der Waals surface area contributed by atoms with E-state index in [0.717, 1.165) is 12.1 Å². The number of halogens is 1. The van der Waals surface area contributed by atoms with Crippen LogP contribution in [0.3, 0.4) is 0 Å². The number of hydrogen-bond acceptors (Lipinski definition) is 5. The number of carbonyl (C=O) groups excluding carboxylic acids is 1. The highest BCUT2D eigenvalue weighted by molar-refractivity contribution is 14.0. The van der Waals surface area contributed by atoms with Crippen LogP contribution in [0.2, 0.25) is 0 Å². The molecule has 0 saturated heterocycles. The Bertz CT molecular complexity index is 701. The van der Waals surface area contributed by atoms with Crippen LogP contribution < -0.4 is 10.6 Å². The van der Waals surface area contributed by atoms with E-state index in [-0.39, 0.29) is 24.0 Å². The van der Waals surface area contributed by atoms with E-state index in [2.05, 4.69) is 20.6 Å². The predicted molar refractivity (Wildman–Crippen MR) is 106 cm³/mol. The van der Waals surface area contributed by atoms with E-state index in [4.69, 9.17) is 9.15 Å². The molecule has 0 unspecified atom stereocenters. The van der Waals surface area contributed by atoms with E-state index in [1.807, 2.05) is 18.2 Å². The molecule has 2 heterocycles. The number of furan rings is 1. The first-order chi connectivity index (χ1) is 11.6. The average Bonchev–Trinajstić information content (AvgIpc) is 2.99. The molecule has 2 aromatic heterocycles. The van der Waals surface area contributed by atoms with Gasteiger partial charge in [-0.25, -0.2) is 4.79 Å². The summed E-state index contributed by atoms with van der Waals surface area (Å²) in [5, 5.41) is 6.35. The molecule has 0 spiro atoms. The molecule has 0 fully saturated rings. The summed E-state index contributed by atoms with van der Waals surface area (Å²) in [5.74, 6) is 1.43. The third kappa shape index (κ3) is 6.37. The molecule has 25 heavy (non-hydrogen) atoms. The molecule has 0 aliphatic rings. The first-order valence-electron chi connectivity index (χ1n) is 7.66. The Kier molecular flexibility index (Phi) is 8.96. The van der Waals surface area contributed by atoms with Crippen LogP contribution >= 0.6 is 24.0 Å². The Labute approximate surface area is 164 Å². The Hall–Kier alpha value is -2.10. The number of hydrogen-bond donors (Lipinski definition) is 2. The summed E-state index contributed by atoms with van der Waals surface area (Å²) in [7, 11) is 3.05. The second-order valence-corrected chi connectivity index (χ2v) is 5.10. The number of rotatable bonds is 6. The standard InChI is InChI=1S/C17H22N4O3.HI/c1-12-15(16(22)23-3)10-14(24-12)11-21-17(18-2)20-9-7-13-6-4-5-8-19-13;/h4-6,8,10H,7,9,11H2,1-3H3,(H2,18,20,21);1H. The van der Waals surface area contributed by atoms with Gasteiger partial charge in [0.15, 0.2) is 5.96 Å². The van der Waals surface area contributed by atoms with Crippen LogP contribution in [0.25, 0.3) is 0 Å². The molecule has 0 aromatic carbocycles. The quantitative estimate of drug-likeness (QED) is 0.299. The number of aliphatic imine (C=N–C) groups is 1. The van der Waals surface area contributed by atoms with Crippen LogP contribution in [0.5, 0.6) is 0 Å². The van der Waals surface area contributed by atoms with Crippen molar-refractivity contribution in [2.45, 2.75) is 19.9 Å². The highest BCUT2D eigenvalue weighted by atomic mass is 127. The maximum Gasteiger partial charge on any atom is 0.341 e. The van der Waals surface area contributed by atoms with Crippen LogP contribution in [0.15, 0.2) is 39.9 Å². The SMILES string of the molecule is CN=C(NCCc1ccccn1)NCc1cc(C(=O)OC)c(C)o1.I. The predicted octanol–water partition coefficient (Wildman–Crippen LogP) is 2.30. The molecule has 2 aromatic rings. The summed E-state index contributed by atoms with van der Waals surface area (Å²) in [6.45, 7) is 2.86. The summed E-state index contributed by atoms with van der Waals surface area (Å²) >= 11 is 0. The van der Waals surface area contributed by atoms with Gasteiger partial charge in [0.25, 0.3) is 0 Å². The van der Waals surface area contributed by atoms with Crippen LogP contribution in [-0.4, -0.2) is 37.6 Å². The van der Waals surface area contributed by atoms with E-state index < -0.39 is 5.97 Å². The Morgan fingerprint density at radius 3 is 2.80 bits per heavy atom. The minimum Gasteiger partial charge on any atom is -0.465 e. The normalized spacial score (nSPS) is 10.8. The minimum atomic E-state index is -0.402. The summed E-state index contributed by atoms with van der Waals surface area (Å²) < 4.78 is 10.3. The van der Waals surface area contributed by atoms with E-state index in [1.54, 1.807) is 26.2 Å². The molecule has 0 amide bonds. The molecule has 7 nitrogen and oxygen atoms in total. The average molecular weight is 458 g/mol. The maximum absolute atomic E-state index is 11.6. The number of nitrogens with one attached hydrogen (secondary N) is 2. The molecule has 0 aliphatic carbocycles. The molecule has 2 N–H and O–H groups in total. The first-order valence-corrected chi connectivity index (χ1v) is 7.66. The van der Waals surface area contributed by atoms with Crippen molar-refractivity contribution >= 4 is 35.9 Å². The van der Waals surface area contributed by atoms with E-state index in [1.165, 1.54) is 7.11 Å². The van der Waals surface area contributed by atoms with Crippen LogP contribution in [0.4, 0.5) is 0 Å². The van der Waals surface area contributed by atoms with Gasteiger partial charge in [-0.3, -0.25) is 9.98 Å². The van der Waals surface area contributed by atoms with Gasteiger partial charge in [-0.2, -0.15) is 0 Å².